The van der Waals surface area contributed by atoms with Crippen LogP contribution in [-0.4, -0.2) is 24.5 Å². The molecule has 0 saturated carbocycles. The van der Waals surface area contributed by atoms with Crippen LogP contribution in [0.5, 0.6) is 0 Å². The standard InChI is InChI=1S/C13H16BrNO3/c1-4-13(2,12(17)18-3)15-11(16)9-5-7-10(14)8-6-9/h5-8H,4H2,1-3H3,(H,15,16). The predicted molar refractivity (Wildman–Crippen MR) is 72.3 cm³/mol. The van der Waals surface area contributed by atoms with E-state index in [1.807, 2.05) is 6.92 Å². The number of rotatable bonds is 4. The van der Waals surface area contributed by atoms with E-state index in [-0.39, 0.29) is 5.91 Å². The first-order valence-electron chi connectivity index (χ1n) is 5.59. The average Bonchev–Trinajstić information content (AvgIpc) is 2.38. The molecule has 1 aromatic carbocycles. The molecule has 1 aromatic rings. The lowest BCUT2D eigenvalue weighted by molar-refractivity contribution is -0.147. The Kier molecular flexibility index (Phi) is 4.90. The summed E-state index contributed by atoms with van der Waals surface area (Å²) in [6, 6.07) is 6.92. The Morgan fingerprint density at radius 1 is 1.33 bits per heavy atom. The molecule has 0 aliphatic carbocycles. The van der Waals surface area contributed by atoms with Gasteiger partial charge < -0.3 is 10.1 Å². The van der Waals surface area contributed by atoms with Crippen molar-refractivity contribution in [2.75, 3.05) is 7.11 Å². The summed E-state index contributed by atoms with van der Waals surface area (Å²) in [4.78, 5) is 23.7. The normalized spacial score (nSPS) is 13.6. The van der Waals surface area contributed by atoms with Crippen LogP contribution in [0.25, 0.3) is 0 Å². The number of hydrogen-bond acceptors (Lipinski definition) is 3. The Morgan fingerprint density at radius 2 is 1.89 bits per heavy atom. The third-order valence-electron chi connectivity index (χ3n) is 2.84. The van der Waals surface area contributed by atoms with Crippen LogP contribution in [0.1, 0.15) is 30.6 Å². The first-order valence-corrected chi connectivity index (χ1v) is 6.38. The van der Waals surface area contributed by atoms with Crippen molar-refractivity contribution in [3.05, 3.63) is 34.3 Å². The highest BCUT2D eigenvalue weighted by atomic mass is 79.9. The molecule has 1 rings (SSSR count). The fourth-order valence-corrected chi connectivity index (χ4v) is 1.70. The van der Waals surface area contributed by atoms with Gasteiger partial charge in [-0.25, -0.2) is 4.79 Å². The smallest absolute Gasteiger partial charge is 0.331 e. The molecular formula is C13H16BrNO3. The van der Waals surface area contributed by atoms with E-state index in [1.54, 1.807) is 31.2 Å². The number of esters is 1. The van der Waals surface area contributed by atoms with Crippen LogP contribution in [0.15, 0.2) is 28.7 Å². The number of hydrogen-bond donors (Lipinski definition) is 1. The van der Waals surface area contributed by atoms with Gasteiger partial charge in [0.2, 0.25) is 0 Å². The Hall–Kier alpha value is -1.36. The highest BCUT2D eigenvalue weighted by Crippen LogP contribution is 2.14. The van der Waals surface area contributed by atoms with E-state index in [4.69, 9.17) is 4.74 Å². The van der Waals surface area contributed by atoms with E-state index in [2.05, 4.69) is 21.2 Å². The number of carbonyl (C=O) groups excluding carboxylic acids is 2. The van der Waals surface area contributed by atoms with Gasteiger partial charge in [-0.1, -0.05) is 22.9 Å². The Labute approximate surface area is 115 Å². The number of ether oxygens (including phenoxy) is 1. The monoisotopic (exact) mass is 313 g/mol. The molecule has 0 aliphatic rings. The zero-order chi connectivity index (χ0) is 13.8. The van der Waals surface area contributed by atoms with Crippen LogP contribution in [0, 0.1) is 0 Å². The van der Waals surface area contributed by atoms with Crippen LogP contribution in [-0.2, 0) is 9.53 Å². The molecule has 1 amide bonds. The summed E-state index contributed by atoms with van der Waals surface area (Å²) in [6.45, 7) is 3.47. The number of amides is 1. The van der Waals surface area contributed by atoms with E-state index in [9.17, 15) is 9.59 Å². The summed E-state index contributed by atoms with van der Waals surface area (Å²) in [5, 5.41) is 2.70. The molecule has 0 saturated heterocycles. The van der Waals surface area contributed by atoms with Crippen molar-refractivity contribution in [3.8, 4) is 0 Å². The van der Waals surface area contributed by atoms with Crippen LogP contribution in [0.2, 0.25) is 0 Å². The largest absolute Gasteiger partial charge is 0.467 e. The second-order valence-corrected chi connectivity index (χ2v) is 5.05. The summed E-state index contributed by atoms with van der Waals surface area (Å²) < 4.78 is 5.59. The molecular weight excluding hydrogens is 298 g/mol. The number of nitrogens with one attached hydrogen (secondary N) is 1. The fourth-order valence-electron chi connectivity index (χ4n) is 1.43. The summed E-state index contributed by atoms with van der Waals surface area (Å²) in [5.41, 5.74) is -0.499. The van der Waals surface area contributed by atoms with Crippen molar-refractivity contribution >= 4 is 27.8 Å². The molecule has 1 atom stereocenters. The van der Waals surface area contributed by atoms with Gasteiger partial charge in [-0.15, -0.1) is 0 Å². The molecule has 0 radical (unpaired) electrons. The molecule has 1 unspecified atom stereocenters. The van der Waals surface area contributed by atoms with E-state index >= 15 is 0 Å². The molecule has 4 nitrogen and oxygen atoms in total. The third kappa shape index (κ3) is 3.32. The summed E-state index contributed by atoms with van der Waals surface area (Å²) in [5.74, 6) is -0.743. The van der Waals surface area contributed by atoms with Crippen molar-refractivity contribution in [1.29, 1.82) is 0 Å². The van der Waals surface area contributed by atoms with Crippen molar-refractivity contribution in [1.82, 2.24) is 5.32 Å². The van der Waals surface area contributed by atoms with E-state index in [0.29, 0.717) is 12.0 Å². The van der Waals surface area contributed by atoms with Crippen LogP contribution >= 0.6 is 15.9 Å². The lowest BCUT2D eigenvalue weighted by Gasteiger charge is -2.26. The number of halogens is 1. The Balaban J connectivity index is 2.86. The molecule has 5 heteroatoms. The second-order valence-electron chi connectivity index (χ2n) is 4.14. The van der Waals surface area contributed by atoms with Crippen molar-refractivity contribution in [2.24, 2.45) is 0 Å². The highest BCUT2D eigenvalue weighted by Gasteiger charge is 2.34. The minimum absolute atomic E-state index is 0.294. The molecule has 0 aliphatic heterocycles. The molecule has 98 valence electrons. The number of methoxy groups -OCH3 is 1. The van der Waals surface area contributed by atoms with Gasteiger partial charge in [-0.2, -0.15) is 0 Å². The molecule has 18 heavy (non-hydrogen) atoms. The first-order chi connectivity index (χ1) is 8.42. The topological polar surface area (TPSA) is 55.4 Å². The maximum absolute atomic E-state index is 12.0. The molecule has 0 aromatic heterocycles. The predicted octanol–water partition coefficient (Wildman–Crippen LogP) is 2.52. The highest BCUT2D eigenvalue weighted by molar-refractivity contribution is 9.10. The lowest BCUT2D eigenvalue weighted by Crippen LogP contribution is -2.52. The Morgan fingerprint density at radius 3 is 2.33 bits per heavy atom. The molecule has 0 spiro atoms. The molecule has 1 N–H and O–H groups in total. The molecule has 0 fully saturated rings. The quantitative estimate of drug-likeness (QED) is 0.869. The van der Waals surface area contributed by atoms with E-state index < -0.39 is 11.5 Å². The van der Waals surface area contributed by atoms with Gasteiger partial charge in [0.15, 0.2) is 0 Å². The maximum Gasteiger partial charge on any atom is 0.331 e. The fraction of sp³-hybridized carbons (Fsp3) is 0.385. The van der Waals surface area contributed by atoms with Gasteiger partial charge >= 0.3 is 5.97 Å². The lowest BCUT2D eigenvalue weighted by atomic mass is 9.98. The van der Waals surface area contributed by atoms with Gasteiger partial charge in [0.1, 0.15) is 5.54 Å². The summed E-state index contributed by atoms with van der Waals surface area (Å²) in [6.07, 6.45) is 0.460. The van der Waals surface area contributed by atoms with Crippen LogP contribution < -0.4 is 5.32 Å². The SMILES string of the molecule is CCC(C)(NC(=O)c1ccc(Br)cc1)C(=O)OC. The number of benzene rings is 1. The van der Waals surface area contributed by atoms with Crippen molar-refractivity contribution < 1.29 is 14.3 Å². The zero-order valence-electron chi connectivity index (χ0n) is 10.6. The van der Waals surface area contributed by atoms with Gasteiger partial charge in [0.25, 0.3) is 5.91 Å². The van der Waals surface area contributed by atoms with E-state index in [1.165, 1.54) is 7.11 Å². The molecule has 0 bridgehead atoms. The second kappa shape index (κ2) is 6.00. The van der Waals surface area contributed by atoms with Gasteiger partial charge in [-0.05, 0) is 37.6 Å². The van der Waals surface area contributed by atoms with E-state index in [0.717, 1.165) is 4.47 Å². The van der Waals surface area contributed by atoms with Crippen molar-refractivity contribution in [2.45, 2.75) is 25.8 Å². The minimum atomic E-state index is -1.00. The third-order valence-corrected chi connectivity index (χ3v) is 3.37. The number of carbonyl (C=O) groups is 2. The summed E-state index contributed by atoms with van der Waals surface area (Å²) >= 11 is 3.30. The maximum atomic E-state index is 12.0. The Bertz CT molecular complexity index is 444. The van der Waals surface area contributed by atoms with Gasteiger partial charge in [0.05, 0.1) is 7.11 Å². The van der Waals surface area contributed by atoms with Gasteiger partial charge in [-0.3, -0.25) is 4.79 Å². The molecule has 0 heterocycles. The first kappa shape index (κ1) is 14.7. The minimum Gasteiger partial charge on any atom is -0.467 e. The summed E-state index contributed by atoms with van der Waals surface area (Å²) in [7, 11) is 1.31. The average molecular weight is 314 g/mol. The van der Waals surface area contributed by atoms with Crippen LogP contribution in [0.4, 0.5) is 0 Å². The van der Waals surface area contributed by atoms with Crippen molar-refractivity contribution in [3.63, 3.8) is 0 Å². The van der Waals surface area contributed by atoms with Crippen LogP contribution in [0.3, 0.4) is 0 Å². The van der Waals surface area contributed by atoms with Gasteiger partial charge in [0, 0.05) is 10.0 Å². The zero-order valence-corrected chi connectivity index (χ0v) is 12.2.